The van der Waals surface area contributed by atoms with E-state index in [4.69, 9.17) is 0 Å². The lowest BCUT2D eigenvalue weighted by molar-refractivity contribution is 1.07. The fraction of sp³-hybridized carbons (Fsp3) is 0.600. The van der Waals surface area contributed by atoms with Crippen molar-refractivity contribution >= 4 is 11.4 Å². The molecule has 12 heavy (non-hydrogen) atoms. The first-order valence-electron chi connectivity index (χ1n) is 4.34. The van der Waals surface area contributed by atoms with Gasteiger partial charge in [0.05, 0.1) is 11.4 Å². The molecule has 0 atom stereocenters. The van der Waals surface area contributed by atoms with Crippen LogP contribution in [0.1, 0.15) is 33.6 Å². The molecule has 0 heterocycles. The average molecular weight is 166 g/mol. The number of hydrogen-bond donors (Lipinski definition) is 0. The molecule has 68 valence electrons. The maximum atomic E-state index is 4.38. The molecule has 0 saturated heterocycles. The Morgan fingerprint density at radius 2 is 1.83 bits per heavy atom. The van der Waals surface area contributed by atoms with E-state index in [9.17, 15) is 0 Å². The Labute approximate surface area is 75.1 Å². The monoisotopic (exact) mass is 166 g/mol. The maximum Gasteiger partial charge on any atom is 0.0610 e. The molecule has 0 amide bonds. The molecule has 0 unspecified atom stereocenters. The number of rotatable bonds is 4. The van der Waals surface area contributed by atoms with Crippen molar-refractivity contribution in [1.29, 1.82) is 0 Å². The summed E-state index contributed by atoms with van der Waals surface area (Å²) in [5.41, 5.74) is 2.98. The highest BCUT2D eigenvalue weighted by atomic mass is 14.8. The molecule has 0 aromatic carbocycles. The van der Waals surface area contributed by atoms with Crippen LogP contribution in [0, 0.1) is 0 Å². The summed E-state index contributed by atoms with van der Waals surface area (Å²) >= 11 is 0. The Morgan fingerprint density at radius 3 is 2.17 bits per heavy atom. The predicted octanol–water partition coefficient (Wildman–Crippen LogP) is 2.85. The van der Waals surface area contributed by atoms with E-state index >= 15 is 0 Å². The third kappa shape index (κ3) is 3.46. The van der Waals surface area contributed by atoms with Gasteiger partial charge >= 0.3 is 0 Å². The van der Waals surface area contributed by atoms with Crippen LogP contribution in [0.5, 0.6) is 0 Å². The molecular formula is C10H18N2. The minimum absolute atomic E-state index is 0.903. The summed E-state index contributed by atoms with van der Waals surface area (Å²) in [6, 6.07) is 0. The van der Waals surface area contributed by atoms with Crippen LogP contribution in [0.3, 0.4) is 0 Å². The molecule has 0 N–H and O–H groups in total. The summed E-state index contributed by atoms with van der Waals surface area (Å²) in [5, 5.41) is 0. The number of allylic oxidation sites excluding steroid dienone is 1. The molecule has 0 aromatic heterocycles. The van der Waals surface area contributed by atoms with E-state index in [0.29, 0.717) is 0 Å². The SMILES string of the molecule is C=C(CC)N=C(CC)C(C)=NC. The Hall–Kier alpha value is -0.920. The van der Waals surface area contributed by atoms with Crippen molar-refractivity contribution in [3.8, 4) is 0 Å². The van der Waals surface area contributed by atoms with Gasteiger partial charge in [0.2, 0.25) is 0 Å². The summed E-state index contributed by atoms with van der Waals surface area (Å²) in [4.78, 5) is 8.47. The summed E-state index contributed by atoms with van der Waals surface area (Å²) in [6.45, 7) is 9.95. The van der Waals surface area contributed by atoms with E-state index in [-0.39, 0.29) is 0 Å². The standard InChI is InChI=1S/C10H18N2/c1-6-8(3)12-10(7-2)9(4)11-5/h3,6-7H2,1-2,4-5H3. The zero-order valence-electron chi connectivity index (χ0n) is 8.52. The van der Waals surface area contributed by atoms with Crippen LogP contribution in [0.4, 0.5) is 0 Å². The second kappa shape index (κ2) is 5.70. The third-order valence-electron chi connectivity index (χ3n) is 1.79. The first-order chi connectivity index (χ1) is 5.65. The van der Waals surface area contributed by atoms with Gasteiger partial charge in [0.25, 0.3) is 0 Å². The second-order valence-electron chi connectivity index (χ2n) is 2.64. The Kier molecular flexibility index (Phi) is 5.26. The minimum Gasteiger partial charge on any atom is -0.291 e. The molecule has 0 aliphatic rings. The van der Waals surface area contributed by atoms with E-state index in [2.05, 4.69) is 30.4 Å². The summed E-state index contributed by atoms with van der Waals surface area (Å²) in [5.74, 6) is 0. The summed E-state index contributed by atoms with van der Waals surface area (Å²) in [7, 11) is 1.79. The van der Waals surface area contributed by atoms with Gasteiger partial charge in [-0.25, -0.2) is 0 Å². The van der Waals surface area contributed by atoms with Crippen LogP contribution in [0.2, 0.25) is 0 Å². The first kappa shape index (κ1) is 11.1. The van der Waals surface area contributed by atoms with Crippen LogP contribution in [0.25, 0.3) is 0 Å². The Morgan fingerprint density at radius 1 is 1.25 bits per heavy atom. The van der Waals surface area contributed by atoms with E-state index < -0.39 is 0 Å². The zero-order chi connectivity index (χ0) is 9.56. The summed E-state index contributed by atoms with van der Waals surface area (Å²) in [6.07, 6.45) is 1.82. The highest BCUT2D eigenvalue weighted by molar-refractivity contribution is 6.41. The number of hydrogen-bond acceptors (Lipinski definition) is 2. The van der Waals surface area contributed by atoms with Crippen molar-refractivity contribution in [1.82, 2.24) is 0 Å². The molecule has 0 radical (unpaired) electrons. The Bertz CT molecular complexity index is 212. The van der Waals surface area contributed by atoms with Crippen LogP contribution in [-0.4, -0.2) is 18.5 Å². The second-order valence-corrected chi connectivity index (χ2v) is 2.64. The lowest BCUT2D eigenvalue weighted by Crippen LogP contribution is -2.09. The van der Waals surface area contributed by atoms with Crippen LogP contribution < -0.4 is 0 Å². The van der Waals surface area contributed by atoms with Gasteiger partial charge in [-0.3, -0.25) is 9.98 Å². The quantitative estimate of drug-likeness (QED) is 0.574. The molecule has 2 heteroatoms. The maximum absolute atomic E-state index is 4.38. The van der Waals surface area contributed by atoms with Gasteiger partial charge in [-0.05, 0) is 19.8 Å². The molecule has 2 nitrogen and oxygen atoms in total. The van der Waals surface area contributed by atoms with Crippen molar-refractivity contribution in [2.75, 3.05) is 7.05 Å². The Balaban J connectivity index is 4.54. The third-order valence-corrected chi connectivity index (χ3v) is 1.79. The van der Waals surface area contributed by atoms with Gasteiger partial charge in [-0.2, -0.15) is 0 Å². The first-order valence-corrected chi connectivity index (χ1v) is 4.34. The summed E-state index contributed by atoms with van der Waals surface area (Å²) < 4.78 is 0. The molecule has 0 saturated carbocycles. The van der Waals surface area contributed by atoms with Crippen molar-refractivity contribution in [3.63, 3.8) is 0 Å². The van der Waals surface area contributed by atoms with Gasteiger partial charge in [-0.1, -0.05) is 20.4 Å². The lowest BCUT2D eigenvalue weighted by atomic mass is 10.2. The molecule has 0 bridgehead atoms. The van der Waals surface area contributed by atoms with Gasteiger partial charge in [0, 0.05) is 12.7 Å². The van der Waals surface area contributed by atoms with Crippen LogP contribution in [0.15, 0.2) is 22.3 Å². The molecule has 0 aromatic rings. The number of nitrogens with zero attached hydrogens (tertiary/aromatic N) is 2. The van der Waals surface area contributed by atoms with E-state index in [1.807, 2.05) is 6.92 Å². The van der Waals surface area contributed by atoms with Gasteiger partial charge in [0.15, 0.2) is 0 Å². The number of aliphatic imine (C=N–C) groups is 2. The van der Waals surface area contributed by atoms with Crippen molar-refractivity contribution < 1.29 is 0 Å². The molecule has 0 spiro atoms. The van der Waals surface area contributed by atoms with Gasteiger partial charge < -0.3 is 0 Å². The molecular weight excluding hydrogens is 148 g/mol. The van der Waals surface area contributed by atoms with Crippen molar-refractivity contribution in [2.45, 2.75) is 33.6 Å². The van der Waals surface area contributed by atoms with E-state index in [0.717, 1.165) is 30.0 Å². The van der Waals surface area contributed by atoms with Gasteiger partial charge in [-0.15, -0.1) is 0 Å². The van der Waals surface area contributed by atoms with Crippen molar-refractivity contribution in [3.05, 3.63) is 12.3 Å². The average Bonchev–Trinajstić information content (AvgIpc) is 2.12. The highest BCUT2D eigenvalue weighted by Gasteiger charge is 1.99. The lowest BCUT2D eigenvalue weighted by Gasteiger charge is -2.02. The van der Waals surface area contributed by atoms with Crippen LogP contribution in [-0.2, 0) is 0 Å². The highest BCUT2D eigenvalue weighted by Crippen LogP contribution is 2.01. The normalized spacial score (nSPS) is 13.3. The topological polar surface area (TPSA) is 24.7 Å². The molecule has 0 rings (SSSR count). The smallest absolute Gasteiger partial charge is 0.0610 e. The van der Waals surface area contributed by atoms with E-state index in [1.54, 1.807) is 7.05 Å². The minimum atomic E-state index is 0.903. The molecule has 0 aliphatic heterocycles. The van der Waals surface area contributed by atoms with Crippen LogP contribution >= 0.6 is 0 Å². The fourth-order valence-corrected chi connectivity index (χ4v) is 0.815. The fourth-order valence-electron chi connectivity index (χ4n) is 0.815. The van der Waals surface area contributed by atoms with Gasteiger partial charge in [0.1, 0.15) is 0 Å². The largest absolute Gasteiger partial charge is 0.291 e. The molecule has 0 fully saturated rings. The molecule has 0 aliphatic carbocycles. The zero-order valence-corrected chi connectivity index (χ0v) is 8.52. The van der Waals surface area contributed by atoms with E-state index in [1.165, 1.54) is 0 Å². The van der Waals surface area contributed by atoms with Crippen molar-refractivity contribution in [2.24, 2.45) is 9.98 Å². The predicted molar refractivity (Wildman–Crippen MR) is 56.2 cm³/mol.